The molecular formula is C41H61N7O5S4. The Balaban J connectivity index is 0.00000290. The average molecular weight is 860 g/mol. The number of carbonyl (C=O) groups excluding carboxylic acids is 3. The third-order valence-corrected chi connectivity index (χ3v) is 11.4. The van der Waals surface area contributed by atoms with Gasteiger partial charge in [-0.25, -0.2) is 15.2 Å². The number of fused-ring (bicyclic) bond motifs is 6. The molecule has 0 aliphatic carbocycles. The highest BCUT2D eigenvalue weighted by Crippen LogP contribution is 2.42. The number of rotatable bonds is 8. The molecule has 4 aromatic rings. The summed E-state index contributed by atoms with van der Waals surface area (Å²) in [5.41, 5.74) is 9.62. The number of nitrogens with zero attached hydrogens (tertiary/aromatic N) is 5. The number of ether oxygens (including phenoxy) is 2. The fourth-order valence-electron chi connectivity index (χ4n) is 7.38. The van der Waals surface area contributed by atoms with Gasteiger partial charge in [-0.3, -0.25) is 19.6 Å². The Morgan fingerprint density at radius 1 is 1.18 bits per heavy atom. The zero-order valence-corrected chi connectivity index (χ0v) is 38.2. The van der Waals surface area contributed by atoms with Gasteiger partial charge in [-0.1, -0.05) is 33.8 Å². The molecule has 1 fully saturated rings. The molecule has 12 nitrogen and oxygen atoms in total. The first-order valence-corrected chi connectivity index (χ1v) is 20.0. The minimum Gasteiger partial charge on any atom is -0.464 e. The van der Waals surface area contributed by atoms with Gasteiger partial charge in [0.1, 0.15) is 12.1 Å². The summed E-state index contributed by atoms with van der Waals surface area (Å²) in [6, 6.07) is 8.62. The van der Waals surface area contributed by atoms with Crippen molar-refractivity contribution in [2.45, 2.75) is 98.4 Å². The summed E-state index contributed by atoms with van der Waals surface area (Å²) in [4.78, 5) is 52.6. The second-order valence-corrected chi connectivity index (χ2v) is 16.8. The molecule has 2 aliphatic rings. The van der Waals surface area contributed by atoms with Crippen molar-refractivity contribution in [3.8, 4) is 22.5 Å². The molecule has 1 saturated heterocycles. The normalized spacial score (nSPS) is 18.7. The van der Waals surface area contributed by atoms with E-state index in [9.17, 15) is 14.4 Å². The summed E-state index contributed by atoms with van der Waals surface area (Å²) in [6.45, 7) is 14.5. The van der Waals surface area contributed by atoms with Gasteiger partial charge < -0.3 is 24.3 Å². The van der Waals surface area contributed by atoms with Crippen molar-refractivity contribution < 1.29 is 23.9 Å². The molecule has 314 valence electrons. The number of hydrazine groups is 1. The zero-order valence-electron chi connectivity index (χ0n) is 34.4. The van der Waals surface area contributed by atoms with E-state index in [2.05, 4.69) is 74.2 Å². The number of carbonyl (C=O) groups is 3. The maximum atomic E-state index is 14.1. The Labute approximate surface area is 362 Å². The summed E-state index contributed by atoms with van der Waals surface area (Å²) in [6.07, 6.45) is 4.40. The second-order valence-electron chi connectivity index (χ2n) is 15.8. The first kappa shape index (κ1) is 48.1. The van der Waals surface area contributed by atoms with Crippen molar-refractivity contribution in [2.24, 2.45) is 11.3 Å². The minimum atomic E-state index is -0.892. The predicted molar refractivity (Wildman–Crippen MR) is 243 cm³/mol. The SMILES string of the molecule is CCn1c(-c2cccnc2[C@H](C)OC)c2c3cc(ccc31)-c1csc(n1)C[C@H](NC(=O)N(C)CCC(C)C)C(=O)N1CCC[C@H](N1)C(=O)OCC(C)(C)C2.S.S.S. The summed E-state index contributed by atoms with van der Waals surface area (Å²) < 4.78 is 14.2. The number of esters is 1. The van der Waals surface area contributed by atoms with E-state index in [1.165, 1.54) is 16.3 Å². The van der Waals surface area contributed by atoms with Crippen LogP contribution in [0, 0.1) is 11.3 Å². The maximum Gasteiger partial charge on any atom is 0.324 e. The molecule has 0 spiro atoms. The van der Waals surface area contributed by atoms with Gasteiger partial charge in [-0.05, 0) is 75.3 Å². The lowest BCUT2D eigenvalue weighted by atomic mass is 9.84. The van der Waals surface area contributed by atoms with Crippen LogP contribution >= 0.6 is 51.8 Å². The van der Waals surface area contributed by atoms with Gasteiger partial charge in [-0.2, -0.15) is 40.5 Å². The minimum absolute atomic E-state index is 0. The summed E-state index contributed by atoms with van der Waals surface area (Å²) in [5.74, 6) is -0.281. The topological polar surface area (TPSA) is 131 Å². The Bertz CT molecular complexity index is 2000. The molecule has 57 heavy (non-hydrogen) atoms. The number of benzene rings is 1. The number of methoxy groups -OCH3 is 1. The molecule has 6 bridgehead atoms. The Kier molecular flexibility index (Phi) is 17.4. The highest BCUT2D eigenvalue weighted by molar-refractivity contribution is 7.59. The largest absolute Gasteiger partial charge is 0.464 e. The van der Waals surface area contributed by atoms with Crippen molar-refractivity contribution >= 4 is 80.6 Å². The van der Waals surface area contributed by atoms with Crippen LogP contribution in [0.15, 0.2) is 41.9 Å². The number of aromatic nitrogens is 3. The zero-order chi connectivity index (χ0) is 38.7. The number of hydrogen-bond acceptors (Lipinski definition) is 9. The van der Waals surface area contributed by atoms with Crippen LogP contribution < -0.4 is 10.7 Å². The molecule has 5 heterocycles. The van der Waals surface area contributed by atoms with Crippen molar-refractivity contribution in [3.63, 3.8) is 0 Å². The second kappa shape index (κ2) is 20.6. The number of cyclic esters (lactones) is 1. The van der Waals surface area contributed by atoms with E-state index in [-0.39, 0.29) is 71.6 Å². The van der Waals surface area contributed by atoms with Crippen molar-refractivity contribution in [1.82, 2.24) is 35.2 Å². The van der Waals surface area contributed by atoms with E-state index in [0.717, 1.165) is 62.6 Å². The van der Waals surface area contributed by atoms with Gasteiger partial charge in [0.25, 0.3) is 5.91 Å². The first-order chi connectivity index (χ1) is 25.8. The Morgan fingerprint density at radius 2 is 1.93 bits per heavy atom. The van der Waals surface area contributed by atoms with Gasteiger partial charge in [0, 0.05) is 79.2 Å². The molecular weight excluding hydrogens is 799 g/mol. The molecule has 6 rings (SSSR count). The third-order valence-electron chi connectivity index (χ3n) is 10.5. The molecule has 16 heteroatoms. The molecule has 2 aliphatic heterocycles. The molecule has 3 amide bonds. The maximum absolute atomic E-state index is 14.1. The van der Waals surface area contributed by atoms with Crippen LogP contribution in [-0.2, 0) is 38.4 Å². The van der Waals surface area contributed by atoms with E-state index >= 15 is 0 Å². The fraction of sp³-hybridized carbons (Fsp3) is 0.537. The average Bonchev–Trinajstić information content (AvgIpc) is 3.76. The first-order valence-electron chi connectivity index (χ1n) is 19.1. The lowest BCUT2D eigenvalue weighted by Gasteiger charge is -2.35. The fourth-order valence-corrected chi connectivity index (χ4v) is 8.23. The number of nitrogens with one attached hydrogen (secondary N) is 2. The van der Waals surface area contributed by atoms with E-state index in [4.69, 9.17) is 19.4 Å². The van der Waals surface area contributed by atoms with Crippen LogP contribution in [0.1, 0.15) is 83.2 Å². The van der Waals surface area contributed by atoms with E-state index in [1.54, 1.807) is 25.3 Å². The number of thiazole rings is 1. The smallest absolute Gasteiger partial charge is 0.324 e. The van der Waals surface area contributed by atoms with Gasteiger partial charge in [0.2, 0.25) is 0 Å². The van der Waals surface area contributed by atoms with Crippen LogP contribution in [0.5, 0.6) is 0 Å². The summed E-state index contributed by atoms with van der Waals surface area (Å²) >= 11 is 1.47. The van der Waals surface area contributed by atoms with E-state index < -0.39 is 23.5 Å². The van der Waals surface area contributed by atoms with Crippen LogP contribution in [0.3, 0.4) is 0 Å². The quantitative estimate of drug-likeness (QED) is 0.180. The van der Waals surface area contributed by atoms with Crippen LogP contribution in [0.4, 0.5) is 4.79 Å². The van der Waals surface area contributed by atoms with Crippen LogP contribution in [-0.4, -0.2) is 88.3 Å². The third kappa shape index (κ3) is 10.9. The van der Waals surface area contributed by atoms with Gasteiger partial charge in [0.15, 0.2) is 0 Å². The van der Waals surface area contributed by atoms with E-state index in [1.807, 2.05) is 18.4 Å². The standard InChI is InChI=1S/C41H55N7O5S.3H2S/c1-9-47-34-15-14-27-20-29(34)30(37(47)28-12-10-17-42-36(28)26(4)52-8)22-41(5,6)24-53-39(50)31-13-11-18-48(45-31)38(49)32(21-35-43-33(27)23-54-35)44-40(51)46(7)19-16-25(2)3;;;/h10,12,14-15,17,20,23,25-26,31-32,45H,9,11,13,16,18-19,21-22,24H2,1-8H3,(H,44,51);3*1H2/t26-,31-,32-;;;/m0.../s1. The van der Waals surface area contributed by atoms with Crippen LogP contribution in [0.25, 0.3) is 33.4 Å². The lowest BCUT2D eigenvalue weighted by Crippen LogP contribution is -2.61. The van der Waals surface area contributed by atoms with E-state index in [0.29, 0.717) is 38.3 Å². The number of pyridine rings is 1. The molecule has 0 unspecified atom stereocenters. The van der Waals surface area contributed by atoms with Gasteiger partial charge in [0.05, 0.1) is 34.8 Å². The van der Waals surface area contributed by atoms with Crippen molar-refractivity contribution in [1.29, 1.82) is 0 Å². The highest BCUT2D eigenvalue weighted by atomic mass is 32.1. The molecule has 3 atom stereocenters. The number of amides is 3. The Morgan fingerprint density at radius 3 is 2.63 bits per heavy atom. The molecule has 0 saturated carbocycles. The number of aryl methyl sites for hydroxylation is 1. The van der Waals surface area contributed by atoms with Crippen molar-refractivity contribution in [3.05, 3.63) is 58.2 Å². The highest BCUT2D eigenvalue weighted by Gasteiger charge is 2.36. The molecule has 2 N–H and O–H groups in total. The summed E-state index contributed by atoms with van der Waals surface area (Å²) in [7, 11) is 3.44. The Hall–Kier alpha value is -3.28. The number of urea groups is 1. The molecule has 0 radical (unpaired) electrons. The lowest BCUT2D eigenvalue weighted by molar-refractivity contribution is -0.155. The van der Waals surface area contributed by atoms with Gasteiger partial charge >= 0.3 is 12.0 Å². The van der Waals surface area contributed by atoms with Gasteiger partial charge in [-0.15, -0.1) is 11.3 Å². The van der Waals surface area contributed by atoms with Crippen LogP contribution in [0.2, 0.25) is 0 Å². The molecule has 1 aromatic carbocycles. The number of hydrogen-bond donors (Lipinski definition) is 2. The monoisotopic (exact) mass is 859 g/mol. The predicted octanol–water partition coefficient (Wildman–Crippen LogP) is 7.11. The summed E-state index contributed by atoms with van der Waals surface area (Å²) in [5, 5.41) is 8.31. The molecule has 3 aromatic heterocycles. The van der Waals surface area contributed by atoms with Crippen molar-refractivity contribution in [2.75, 3.05) is 33.9 Å².